The van der Waals surface area contributed by atoms with Gasteiger partial charge in [0.2, 0.25) is 0 Å². The van der Waals surface area contributed by atoms with E-state index in [0.717, 1.165) is 6.07 Å². The highest BCUT2D eigenvalue weighted by Crippen LogP contribution is 2.40. The zero-order valence-corrected chi connectivity index (χ0v) is 14.0. The van der Waals surface area contributed by atoms with Gasteiger partial charge in [0.15, 0.2) is 0 Å². The van der Waals surface area contributed by atoms with Crippen LogP contribution in [0.5, 0.6) is 0 Å². The molecule has 0 saturated carbocycles. The zero-order valence-electron chi connectivity index (χ0n) is 12.4. The minimum Gasteiger partial charge on any atom is -0.268 e. The molecule has 0 atom stereocenters. The van der Waals surface area contributed by atoms with Gasteiger partial charge in [-0.1, -0.05) is 41.9 Å². The van der Waals surface area contributed by atoms with Gasteiger partial charge in [-0.25, -0.2) is 4.90 Å². The molecule has 1 heterocycles. The molecule has 1 aliphatic rings. The Morgan fingerprint density at radius 2 is 1.72 bits per heavy atom. The lowest BCUT2D eigenvalue weighted by atomic mass is 10.1. The van der Waals surface area contributed by atoms with Crippen molar-refractivity contribution < 1.29 is 22.8 Å². The summed E-state index contributed by atoms with van der Waals surface area (Å²) < 4.78 is 39.0. The number of amides is 2. The molecule has 2 amide bonds. The standard InChI is InChI=1S/C17H9ClF3NO2S/c18-13-7-6-11(9-12(13)17(19,20)21)22-15(23)14(25-16(22)24)8-10-4-2-1-3-5-10/h1-9H/b14-8-. The number of hydrogen-bond acceptors (Lipinski definition) is 3. The van der Waals surface area contributed by atoms with Crippen molar-refractivity contribution in [3.63, 3.8) is 0 Å². The molecule has 2 aromatic rings. The van der Waals surface area contributed by atoms with Crippen LogP contribution < -0.4 is 4.90 Å². The molecule has 2 aromatic carbocycles. The second-order valence-electron chi connectivity index (χ2n) is 5.09. The Kier molecular flexibility index (Phi) is 4.62. The average molecular weight is 384 g/mol. The largest absolute Gasteiger partial charge is 0.417 e. The molecule has 0 spiro atoms. The molecule has 0 aromatic heterocycles. The van der Waals surface area contributed by atoms with Gasteiger partial charge in [0.05, 0.1) is 21.2 Å². The molecule has 3 nitrogen and oxygen atoms in total. The SMILES string of the molecule is O=C1S/C(=C\c2ccccc2)C(=O)N1c1ccc(Cl)c(C(F)(F)F)c1. The van der Waals surface area contributed by atoms with E-state index in [1.54, 1.807) is 30.3 Å². The number of alkyl halides is 3. The first kappa shape index (κ1) is 17.6. The lowest BCUT2D eigenvalue weighted by molar-refractivity contribution is -0.137. The maximum Gasteiger partial charge on any atom is 0.417 e. The molecule has 1 saturated heterocycles. The molecule has 0 bridgehead atoms. The van der Waals surface area contributed by atoms with Crippen LogP contribution in [-0.2, 0) is 11.0 Å². The Morgan fingerprint density at radius 3 is 2.36 bits per heavy atom. The maximum absolute atomic E-state index is 13.0. The molecule has 3 rings (SSSR count). The molecule has 1 aliphatic heterocycles. The molecule has 0 N–H and O–H groups in total. The molecular formula is C17H9ClF3NO2S. The highest BCUT2D eigenvalue weighted by molar-refractivity contribution is 8.19. The minimum absolute atomic E-state index is 0.139. The van der Waals surface area contributed by atoms with Gasteiger partial charge in [0, 0.05) is 0 Å². The van der Waals surface area contributed by atoms with Crippen molar-refractivity contribution in [1.82, 2.24) is 0 Å². The summed E-state index contributed by atoms with van der Waals surface area (Å²) in [5, 5.41) is -1.16. The topological polar surface area (TPSA) is 37.4 Å². The minimum atomic E-state index is -4.69. The van der Waals surface area contributed by atoms with E-state index in [9.17, 15) is 22.8 Å². The normalized spacial score (nSPS) is 16.8. The summed E-state index contributed by atoms with van der Waals surface area (Å²) in [5.74, 6) is -0.672. The lowest BCUT2D eigenvalue weighted by Crippen LogP contribution is -2.28. The number of halogens is 4. The van der Waals surface area contributed by atoms with E-state index in [1.165, 1.54) is 12.1 Å². The molecule has 0 aliphatic carbocycles. The van der Waals surface area contributed by atoms with Gasteiger partial charge < -0.3 is 0 Å². The van der Waals surface area contributed by atoms with Crippen LogP contribution in [0, 0.1) is 0 Å². The summed E-state index contributed by atoms with van der Waals surface area (Å²) in [6.07, 6.45) is -3.17. The van der Waals surface area contributed by atoms with E-state index in [0.29, 0.717) is 28.3 Å². The third-order valence-electron chi connectivity index (χ3n) is 3.40. The van der Waals surface area contributed by atoms with Gasteiger partial charge in [0.25, 0.3) is 11.1 Å². The van der Waals surface area contributed by atoms with E-state index in [4.69, 9.17) is 11.6 Å². The summed E-state index contributed by atoms with van der Waals surface area (Å²) in [6, 6.07) is 11.8. The number of rotatable bonds is 2. The van der Waals surface area contributed by atoms with Crippen LogP contribution in [0.25, 0.3) is 6.08 Å². The summed E-state index contributed by atoms with van der Waals surface area (Å²) >= 11 is 6.24. The quantitative estimate of drug-likeness (QED) is 0.633. The van der Waals surface area contributed by atoms with E-state index < -0.39 is 27.9 Å². The van der Waals surface area contributed by atoms with Crippen LogP contribution in [0.3, 0.4) is 0 Å². The highest BCUT2D eigenvalue weighted by atomic mass is 35.5. The number of hydrogen-bond donors (Lipinski definition) is 0. The Hall–Kier alpha value is -2.25. The average Bonchev–Trinajstić information content (AvgIpc) is 2.82. The van der Waals surface area contributed by atoms with Crippen LogP contribution in [0.4, 0.5) is 23.7 Å². The number of thioether (sulfide) groups is 1. The van der Waals surface area contributed by atoms with E-state index in [2.05, 4.69) is 0 Å². The Balaban J connectivity index is 1.98. The third-order valence-corrected chi connectivity index (χ3v) is 4.60. The fourth-order valence-electron chi connectivity index (χ4n) is 2.26. The van der Waals surface area contributed by atoms with Crippen LogP contribution in [0.2, 0.25) is 5.02 Å². The Labute approximate surface area is 150 Å². The molecule has 1 fully saturated rings. The predicted octanol–water partition coefficient (Wildman–Crippen LogP) is 5.60. The summed E-state index contributed by atoms with van der Waals surface area (Å²) in [6.45, 7) is 0. The molecule has 128 valence electrons. The molecule has 0 radical (unpaired) electrons. The van der Waals surface area contributed by atoms with Crippen LogP contribution in [0.15, 0.2) is 53.4 Å². The Bertz CT molecular complexity index is 881. The Morgan fingerprint density at radius 1 is 1.04 bits per heavy atom. The van der Waals surface area contributed by atoms with E-state index in [-0.39, 0.29) is 10.6 Å². The second kappa shape index (κ2) is 6.57. The smallest absolute Gasteiger partial charge is 0.268 e. The van der Waals surface area contributed by atoms with Crippen molar-refractivity contribution in [2.24, 2.45) is 0 Å². The van der Waals surface area contributed by atoms with Gasteiger partial charge in [-0.3, -0.25) is 9.59 Å². The maximum atomic E-state index is 13.0. The molecule has 0 unspecified atom stereocenters. The molecule has 8 heteroatoms. The second-order valence-corrected chi connectivity index (χ2v) is 6.49. The van der Waals surface area contributed by atoms with Crippen molar-refractivity contribution >= 4 is 46.3 Å². The fraction of sp³-hybridized carbons (Fsp3) is 0.0588. The van der Waals surface area contributed by atoms with Gasteiger partial charge in [-0.15, -0.1) is 0 Å². The van der Waals surface area contributed by atoms with Crippen molar-refractivity contribution in [3.8, 4) is 0 Å². The zero-order chi connectivity index (χ0) is 18.2. The molecule has 25 heavy (non-hydrogen) atoms. The first-order chi connectivity index (χ1) is 11.8. The first-order valence-corrected chi connectivity index (χ1v) is 8.16. The van der Waals surface area contributed by atoms with Crippen molar-refractivity contribution in [2.45, 2.75) is 6.18 Å². The van der Waals surface area contributed by atoms with E-state index in [1.807, 2.05) is 0 Å². The third kappa shape index (κ3) is 3.57. The summed E-state index contributed by atoms with van der Waals surface area (Å²) in [7, 11) is 0. The van der Waals surface area contributed by atoms with Crippen LogP contribution in [0.1, 0.15) is 11.1 Å². The lowest BCUT2D eigenvalue weighted by Gasteiger charge is -2.16. The van der Waals surface area contributed by atoms with Gasteiger partial charge in [-0.2, -0.15) is 13.2 Å². The number of carbonyl (C=O) groups excluding carboxylic acids is 2. The summed E-state index contributed by atoms with van der Waals surface area (Å²) in [5.41, 5.74) is -0.562. The van der Waals surface area contributed by atoms with Gasteiger partial charge in [0.1, 0.15) is 0 Å². The van der Waals surface area contributed by atoms with Crippen LogP contribution >= 0.6 is 23.4 Å². The number of anilines is 1. The van der Waals surface area contributed by atoms with Gasteiger partial charge in [-0.05, 0) is 41.6 Å². The first-order valence-electron chi connectivity index (χ1n) is 6.97. The van der Waals surface area contributed by atoms with Crippen molar-refractivity contribution in [3.05, 3.63) is 69.6 Å². The number of carbonyl (C=O) groups is 2. The fourth-order valence-corrected chi connectivity index (χ4v) is 3.33. The predicted molar refractivity (Wildman–Crippen MR) is 91.3 cm³/mol. The van der Waals surface area contributed by atoms with Crippen molar-refractivity contribution in [1.29, 1.82) is 0 Å². The van der Waals surface area contributed by atoms with E-state index >= 15 is 0 Å². The number of nitrogens with zero attached hydrogens (tertiary/aromatic N) is 1. The van der Waals surface area contributed by atoms with Gasteiger partial charge >= 0.3 is 6.18 Å². The monoisotopic (exact) mass is 383 g/mol. The van der Waals surface area contributed by atoms with Crippen LogP contribution in [-0.4, -0.2) is 11.1 Å². The number of imide groups is 1. The van der Waals surface area contributed by atoms with Crippen molar-refractivity contribution in [2.75, 3.05) is 4.90 Å². The summed E-state index contributed by atoms with van der Waals surface area (Å²) in [4.78, 5) is 25.5. The number of benzene rings is 2. The highest BCUT2D eigenvalue weighted by Gasteiger charge is 2.39. The molecular weight excluding hydrogens is 375 g/mol.